The van der Waals surface area contributed by atoms with E-state index in [1.807, 2.05) is 4.90 Å². The fourth-order valence-electron chi connectivity index (χ4n) is 3.91. The standard InChI is InChI=1S/C20H29N3O2/c1-3-16-7-4-5-8-17(16)15-22-11-13-23(14-12-22)20(25)18-9-6-10-19(24)21(18)2/h4-5,7-8,18H,3,6,9-15H2,1-2H3. The van der Waals surface area contributed by atoms with E-state index in [9.17, 15) is 9.59 Å². The summed E-state index contributed by atoms with van der Waals surface area (Å²) in [5.74, 6) is 0.226. The number of nitrogens with zero attached hydrogens (tertiary/aromatic N) is 3. The third-order valence-electron chi connectivity index (χ3n) is 5.59. The number of hydrogen-bond acceptors (Lipinski definition) is 3. The summed E-state index contributed by atoms with van der Waals surface area (Å²) in [6.07, 6.45) is 3.25. The first-order chi connectivity index (χ1) is 12.1. The second kappa shape index (κ2) is 8.00. The molecule has 1 aromatic rings. The Labute approximate surface area is 150 Å². The molecule has 1 unspecified atom stereocenters. The number of carbonyl (C=O) groups is 2. The molecule has 2 aliphatic heterocycles. The van der Waals surface area contributed by atoms with Gasteiger partial charge in [0.2, 0.25) is 11.8 Å². The van der Waals surface area contributed by atoms with Gasteiger partial charge >= 0.3 is 0 Å². The number of carbonyl (C=O) groups excluding carboxylic acids is 2. The smallest absolute Gasteiger partial charge is 0.245 e. The number of rotatable bonds is 4. The molecule has 0 aliphatic carbocycles. The zero-order valence-corrected chi connectivity index (χ0v) is 15.4. The van der Waals surface area contributed by atoms with Crippen LogP contribution in [0.2, 0.25) is 0 Å². The molecule has 1 aromatic carbocycles. The van der Waals surface area contributed by atoms with Gasteiger partial charge in [0.15, 0.2) is 0 Å². The van der Waals surface area contributed by atoms with Crippen molar-refractivity contribution >= 4 is 11.8 Å². The molecule has 0 spiro atoms. The Balaban J connectivity index is 1.55. The van der Waals surface area contributed by atoms with E-state index < -0.39 is 0 Å². The number of piperidine rings is 1. The molecule has 0 saturated carbocycles. The molecule has 3 rings (SSSR count). The SMILES string of the molecule is CCc1ccccc1CN1CCN(C(=O)C2CCCC(=O)N2C)CC1. The zero-order chi connectivity index (χ0) is 17.8. The Kier molecular flexibility index (Phi) is 5.74. The van der Waals surface area contributed by atoms with Crippen molar-refractivity contribution in [1.29, 1.82) is 0 Å². The maximum Gasteiger partial charge on any atom is 0.245 e. The highest BCUT2D eigenvalue weighted by molar-refractivity contribution is 5.88. The highest BCUT2D eigenvalue weighted by Crippen LogP contribution is 2.20. The summed E-state index contributed by atoms with van der Waals surface area (Å²) in [5, 5.41) is 0. The quantitative estimate of drug-likeness (QED) is 0.839. The molecule has 2 amide bonds. The first-order valence-electron chi connectivity index (χ1n) is 9.43. The van der Waals surface area contributed by atoms with Crippen LogP contribution >= 0.6 is 0 Å². The minimum absolute atomic E-state index is 0.0967. The first kappa shape index (κ1) is 17.9. The Hall–Kier alpha value is -1.88. The van der Waals surface area contributed by atoms with Crippen LogP contribution in [0.15, 0.2) is 24.3 Å². The van der Waals surface area contributed by atoms with Crippen LogP contribution < -0.4 is 0 Å². The van der Waals surface area contributed by atoms with Crippen LogP contribution in [-0.2, 0) is 22.6 Å². The number of hydrogen-bond donors (Lipinski definition) is 0. The fraction of sp³-hybridized carbons (Fsp3) is 0.600. The van der Waals surface area contributed by atoms with Gasteiger partial charge in [-0.1, -0.05) is 31.2 Å². The topological polar surface area (TPSA) is 43.9 Å². The van der Waals surface area contributed by atoms with Crippen molar-refractivity contribution in [3.8, 4) is 0 Å². The van der Waals surface area contributed by atoms with Gasteiger partial charge in [-0.25, -0.2) is 0 Å². The van der Waals surface area contributed by atoms with Gasteiger partial charge in [0.25, 0.3) is 0 Å². The Bertz CT molecular complexity index is 623. The number of benzene rings is 1. The number of likely N-dealkylation sites (N-methyl/N-ethyl adjacent to an activating group) is 1. The molecule has 136 valence electrons. The van der Waals surface area contributed by atoms with Gasteiger partial charge in [-0.2, -0.15) is 0 Å². The molecule has 2 fully saturated rings. The Morgan fingerprint density at radius 3 is 2.48 bits per heavy atom. The van der Waals surface area contributed by atoms with Gasteiger partial charge < -0.3 is 9.80 Å². The van der Waals surface area contributed by atoms with Crippen LogP contribution in [0.1, 0.15) is 37.3 Å². The summed E-state index contributed by atoms with van der Waals surface area (Å²) in [6, 6.07) is 8.35. The van der Waals surface area contributed by atoms with Gasteiger partial charge in [0.05, 0.1) is 0 Å². The molecule has 5 nitrogen and oxygen atoms in total. The van der Waals surface area contributed by atoms with Crippen LogP contribution in [0, 0.1) is 0 Å². The second-order valence-corrected chi connectivity index (χ2v) is 7.14. The van der Waals surface area contributed by atoms with Crippen molar-refractivity contribution in [3.05, 3.63) is 35.4 Å². The lowest BCUT2D eigenvalue weighted by Gasteiger charge is -2.39. The van der Waals surface area contributed by atoms with Gasteiger partial charge in [-0.3, -0.25) is 14.5 Å². The highest BCUT2D eigenvalue weighted by Gasteiger charge is 2.34. The molecule has 0 bridgehead atoms. The fourth-order valence-corrected chi connectivity index (χ4v) is 3.91. The highest BCUT2D eigenvalue weighted by atomic mass is 16.2. The first-order valence-corrected chi connectivity index (χ1v) is 9.43. The van der Waals surface area contributed by atoms with Crippen molar-refractivity contribution in [2.75, 3.05) is 33.2 Å². The molecular formula is C20H29N3O2. The van der Waals surface area contributed by atoms with Gasteiger partial charge in [-0.05, 0) is 30.4 Å². The number of aryl methyl sites for hydroxylation is 1. The van der Waals surface area contributed by atoms with Gasteiger partial charge in [0.1, 0.15) is 6.04 Å². The van der Waals surface area contributed by atoms with Crippen LogP contribution in [0.4, 0.5) is 0 Å². The predicted molar refractivity (Wildman–Crippen MR) is 98.1 cm³/mol. The summed E-state index contributed by atoms with van der Waals surface area (Å²) < 4.78 is 0. The molecular weight excluding hydrogens is 314 g/mol. The summed E-state index contributed by atoms with van der Waals surface area (Å²) in [4.78, 5) is 30.7. The van der Waals surface area contributed by atoms with Gasteiger partial charge in [-0.15, -0.1) is 0 Å². The molecule has 0 radical (unpaired) electrons. The largest absolute Gasteiger partial charge is 0.338 e. The average Bonchev–Trinajstić information content (AvgIpc) is 2.64. The lowest BCUT2D eigenvalue weighted by atomic mass is 10.0. The molecule has 1 atom stereocenters. The number of piperazine rings is 1. The van der Waals surface area contributed by atoms with Crippen molar-refractivity contribution in [2.24, 2.45) is 0 Å². The van der Waals surface area contributed by atoms with Crippen molar-refractivity contribution in [2.45, 2.75) is 45.2 Å². The van der Waals surface area contributed by atoms with Crippen LogP contribution in [0.5, 0.6) is 0 Å². The molecule has 0 N–H and O–H groups in total. The van der Waals surface area contributed by atoms with E-state index in [-0.39, 0.29) is 17.9 Å². The van der Waals surface area contributed by atoms with E-state index in [1.165, 1.54) is 11.1 Å². The Morgan fingerprint density at radius 2 is 1.80 bits per heavy atom. The number of likely N-dealkylation sites (tertiary alicyclic amines) is 1. The van der Waals surface area contributed by atoms with E-state index >= 15 is 0 Å². The van der Waals surface area contributed by atoms with Crippen molar-refractivity contribution in [3.63, 3.8) is 0 Å². The maximum atomic E-state index is 12.8. The summed E-state index contributed by atoms with van der Waals surface area (Å²) in [6.45, 7) is 6.45. The van der Waals surface area contributed by atoms with E-state index in [4.69, 9.17) is 0 Å². The molecule has 5 heteroatoms. The third kappa shape index (κ3) is 4.03. The normalized spacial score (nSPS) is 22.3. The monoisotopic (exact) mass is 343 g/mol. The van der Waals surface area contributed by atoms with E-state index in [1.54, 1.807) is 11.9 Å². The lowest BCUT2D eigenvalue weighted by molar-refractivity contribution is -0.148. The second-order valence-electron chi connectivity index (χ2n) is 7.14. The van der Waals surface area contributed by atoms with E-state index in [2.05, 4.69) is 36.1 Å². The molecule has 0 aromatic heterocycles. The Morgan fingerprint density at radius 1 is 1.12 bits per heavy atom. The summed E-state index contributed by atoms with van der Waals surface area (Å²) in [7, 11) is 1.77. The van der Waals surface area contributed by atoms with Crippen LogP contribution in [0.3, 0.4) is 0 Å². The molecule has 25 heavy (non-hydrogen) atoms. The summed E-state index contributed by atoms with van der Waals surface area (Å²) >= 11 is 0. The van der Waals surface area contributed by atoms with Crippen LogP contribution in [0.25, 0.3) is 0 Å². The van der Waals surface area contributed by atoms with Crippen LogP contribution in [-0.4, -0.2) is 65.8 Å². The molecule has 2 saturated heterocycles. The summed E-state index contributed by atoms with van der Waals surface area (Å²) in [5.41, 5.74) is 2.80. The van der Waals surface area contributed by atoms with E-state index in [0.29, 0.717) is 6.42 Å². The minimum atomic E-state index is -0.256. The van der Waals surface area contributed by atoms with E-state index in [0.717, 1.165) is 52.0 Å². The minimum Gasteiger partial charge on any atom is -0.338 e. The number of amides is 2. The molecule has 2 aliphatic rings. The predicted octanol–water partition coefficient (Wildman–Crippen LogP) is 1.90. The van der Waals surface area contributed by atoms with Crippen molar-refractivity contribution < 1.29 is 9.59 Å². The average molecular weight is 343 g/mol. The zero-order valence-electron chi connectivity index (χ0n) is 15.4. The third-order valence-corrected chi connectivity index (χ3v) is 5.59. The van der Waals surface area contributed by atoms with Gasteiger partial charge in [0, 0.05) is 46.2 Å². The molecule has 2 heterocycles. The lowest BCUT2D eigenvalue weighted by Crippen LogP contribution is -2.56. The maximum absolute atomic E-state index is 12.8. The van der Waals surface area contributed by atoms with Crippen molar-refractivity contribution in [1.82, 2.24) is 14.7 Å².